The third-order valence-corrected chi connectivity index (χ3v) is 3.29. The van der Waals surface area contributed by atoms with Gasteiger partial charge in [0.15, 0.2) is 11.7 Å². The Morgan fingerprint density at radius 3 is 2.19 bits per heavy atom. The molecule has 7 nitrogen and oxygen atoms in total. The Kier molecular flexibility index (Phi) is 7.56. The zero-order valence-electron chi connectivity index (χ0n) is 14.2. The number of ether oxygens (including phenoxy) is 3. The van der Waals surface area contributed by atoms with Crippen LogP contribution in [0.1, 0.15) is 0 Å². The largest absolute Gasteiger partial charge is 0.497 e. The zero-order valence-corrected chi connectivity index (χ0v) is 15.0. The predicted molar refractivity (Wildman–Crippen MR) is 99.1 cm³/mol. The minimum absolute atomic E-state index is 0.0263. The highest BCUT2D eigenvalue weighted by molar-refractivity contribution is 7.80. The van der Waals surface area contributed by atoms with Crippen molar-refractivity contribution >= 4 is 28.9 Å². The first kappa shape index (κ1) is 20.2. The molecule has 0 aliphatic rings. The number of benzene rings is 2. The summed E-state index contributed by atoms with van der Waals surface area (Å²) >= 11 is 5.02. The van der Waals surface area contributed by atoms with Crippen LogP contribution < -0.4 is 30.4 Å². The van der Waals surface area contributed by atoms with Gasteiger partial charge in [-0.15, -0.1) is 0 Å². The van der Waals surface area contributed by atoms with E-state index in [1.807, 2.05) is 0 Å². The second-order valence-electron chi connectivity index (χ2n) is 4.99. The second kappa shape index (κ2) is 10.1. The predicted octanol–water partition coefficient (Wildman–Crippen LogP) is 2.69. The molecule has 2 aromatic rings. The monoisotopic (exact) mass is 397 g/mol. The maximum Gasteiger partial charge on any atom is 0.387 e. The van der Waals surface area contributed by atoms with E-state index >= 15 is 0 Å². The molecule has 0 bridgehead atoms. The van der Waals surface area contributed by atoms with Crippen molar-refractivity contribution < 1.29 is 27.8 Å². The summed E-state index contributed by atoms with van der Waals surface area (Å²) < 4.78 is 38.8. The third-order valence-electron chi connectivity index (χ3n) is 3.08. The van der Waals surface area contributed by atoms with Crippen LogP contribution in [0.5, 0.6) is 17.2 Å². The van der Waals surface area contributed by atoms with Gasteiger partial charge in [0.25, 0.3) is 5.91 Å². The van der Waals surface area contributed by atoms with Gasteiger partial charge in [0, 0.05) is 5.69 Å². The smallest absolute Gasteiger partial charge is 0.387 e. The molecule has 0 radical (unpaired) electrons. The number of hydrogen-bond acceptors (Lipinski definition) is 5. The van der Waals surface area contributed by atoms with E-state index in [2.05, 4.69) is 20.9 Å². The number of methoxy groups -OCH3 is 1. The van der Waals surface area contributed by atoms with Crippen LogP contribution in [0.25, 0.3) is 0 Å². The average Bonchev–Trinajstić information content (AvgIpc) is 2.66. The Balaban J connectivity index is 1.70. The highest BCUT2D eigenvalue weighted by Crippen LogP contribution is 2.18. The van der Waals surface area contributed by atoms with Gasteiger partial charge in [-0.05, 0) is 60.7 Å². The lowest BCUT2D eigenvalue weighted by Crippen LogP contribution is -2.45. The van der Waals surface area contributed by atoms with Crippen LogP contribution in [0.2, 0.25) is 0 Å². The number of hydrogen-bond donors (Lipinski definition) is 3. The SMILES string of the molecule is COc1ccc(OCC(=O)NNC(=S)Nc2ccc(OC(F)F)cc2)cc1. The summed E-state index contributed by atoms with van der Waals surface area (Å²) in [6, 6.07) is 12.5. The van der Waals surface area contributed by atoms with E-state index in [0.29, 0.717) is 17.2 Å². The maximum absolute atomic E-state index is 12.1. The van der Waals surface area contributed by atoms with Gasteiger partial charge in [-0.3, -0.25) is 15.6 Å². The fourth-order valence-electron chi connectivity index (χ4n) is 1.87. The quantitative estimate of drug-likeness (QED) is 0.490. The van der Waals surface area contributed by atoms with Crippen molar-refractivity contribution in [2.45, 2.75) is 6.61 Å². The Morgan fingerprint density at radius 2 is 1.59 bits per heavy atom. The highest BCUT2D eigenvalue weighted by Gasteiger charge is 2.06. The number of hydrazine groups is 1. The van der Waals surface area contributed by atoms with Crippen LogP contribution in [0.4, 0.5) is 14.5 Å². The van der Waals surface area contributed by atoms with Gasteiger partial charge in [-0.25, -0.2) is 0 Å². The van der Waals surface area contributed by atoms with Gasteiger partial charge in [0.1, 0.15) is 17.2 Å². The molecule has 1 amide bonds. The molecule has 0 saturated carbocycles. The van der Waals surface area contributed by atoms with Crippen molar-refractivity contribution in [1.82, 2.24) is 10.9 Å². The molecule has 0 unspecified atom stereocenters. The molecule has 144 valence electrons. The summed E-state index contributed by atoms with van der Waals surface area (Å²) in [5, 5.41) is 2.88. The molecule has 0 atom stereocenters. The van der Waals surface area contributed by atoms with Crippen molar-refractivity contribution in [2.24, 2.45) is 0 Å². The van der Waals surface area contributed by atoms with Gasteiger partial charge in [-0.1, -0.05) is 0 Å². The summed E-state index contributed by atoms with van der Waals surface area (Å²) in [5.41, 5.74) is 5.39. The molecule has 0 aliphatic carbocycles. The fraction of sp³-hybridized carbons (Fsp3) is 0.176. The molecule has 2 rings (SSSR count). The van der Waals surface area contributed by atoms with Gasteiger partial charge < -0.3 is 19.5 Å². The number of nitrogens with one attached hydrogen (secondary N) is 3. The number of rotatable bonds is 7. The van der Waals surface area contributed by atoms with Gasteiger partial charge in [-0.2, -0.15) is 8.78 Å². The molecule has 2 aromatic carbocycles. The van der Waals surface area contributed by atoms with Gasteiger partial charge in [0.2, 0.25) is 0 Å². The van der Waals surface area contributed by atoms with E-state index in [0.717, 1.165) is 0 Å². The first-order valence-corrected chi connectivity index (χ1v) is 8.04. The minimum Gasteiger partial charge on any atom is -0.497 e. The molecule has 0 fully saturated rings. The normalized spacial score (nSPS) is 10.1. The Bertz CT molecular complexity index is 758. The molecular formula is C17H17F2N3O4S. The third kappa shape index (κ3) is 7.32. The second-order valence-corrected chi connectivity index (χ2v) is 5.40. The van der Waals surface area contributed by atoms with Gasteiger partial charge in [0.05, 0.1) is 7.11 Å². The van der Waals surface area contributed by atoms with Gasteiger partial charge >= 0.3 is 6.61 Å². The molecular weight excluding hydrogens is 380 g/mol. The molecule has 0 saturated heterocycles. The van der Waals surface area contributed by atoms with Crippen molar-refractivity contribution in [3.05, 3.63) is 48.5 Å². The standard InChI is InChI=1S/C17H17F2N3O4S/c1-24-12-6-8-13(9-7-12)25-10-15(23)21-22-17(27)20-11-2-4-14(5-3-11)26-16(18)19/h2-9,16H,10H2,1H3,(H,21,23)(H2,20,22,27). The van der Waals surface area contributed by atoms with E-state index in [1.54, 1.807) is 31.4 Å². The summed E-state index contributed by atoms with van der Waals surface area (Å²) in [6.45, 7) is -3.11. The summed E-state index contributed by atoms with van der Waals surface area (Å²) in [5.74, 6) is 0.769. The van der Waals surface area contributed by atoms with Crippen molar-refractivity contribution in [1.29, 1.82) is 0 Å². The van der Waals surface area contributed by atoms with Crippen LogP contribution in [-0.2, 0) is 4.79 Å². The molecule has 10 heteroatoms. The lowest BCUT2D eigenvalue weighted by molar-refractivity contribution is -0.123. The number of thiocarbonyl (C=S) groups is 1. The highest BCUT2D eigenvalue weighted by atomic mass is 32.1. The first-order valence-electron chi connectivity index (χ1n) is 7.64. The number of anilines is 1. The minimum atomic E-state index is -2.89. The van der Waals surface area contributed by atoms with E-state index in [-0.39, 0.29) is 17.5 Å². The maximum atomic E-state index is 12.1. The summed E-state index contributed by atoms with van der Waals surface area (Å²) in [6.07, 6.45) is 0. The van der Waals surface area contributed by atoms with Crippen LogP contribution in [0.3, 0.4) is 0 Å². The van der Waals surface area contributed by atoms with E-state index in [9.17, 15) is 13.6 Å². The number of halogens is 2. The average molecular weight is 397 g/mol. The molecule has 27 heavy (non-hydrogen) atoms. The van der Waals surface area contributed by atoms with Crippen LogP contribution in [-0.4, -0.2) is 31.3 Å². The number of amides is 1. The zero-order chi connectivity index (χ0) is 19.6. The van der Waals surface area contributed by atoms with E-state index in [1.165, 1.54) is 24.3 Å². The summed E-state index contributed by atoms with van der Waals surface area (Å²) in [7, 11) is 1.55. The molecule has 0 aliphatic heterocycles. The molecule has 0 heterocycles. The Hall–Kier alpha value is -3.14. The Labute approximate surface area is 159 Å². The number of alkyl halides is 2. The topological polar surface area (TPSA) is 80.9 Å². The first-order chi connectivity index (χ1) is 13.0. The number of carbonyl (C=O) groups excluding carboxylic acids is 1. The van der Waals surface area contributed by atoms with Crippen LogP contribution >= 0.6 is 12.2 Å². The van der Waals surface area contributed by atoms with Crippen LogP contribution in [0, 0.1) is 0 Å². The van der Waals surface area contributed by atoms with Crippen LogP contribution in [0.15, 0.2) is 48.5 Å². The van der Waals surface area contributed by atoms with Crippen molar-refractivity contribution in [3.8, 4) is 17.2 Å². The number of carbonyl (C=O) groups is 1. The van der Waals surface area contributed by atoms with E-state index < -0.39 is 12.5 Å². The Morgan fingerprint density at radius 1 is 1.00 bits per heavy atom. The lowest BCUT2D eigenvalue weighted by Gasteiger charge is -2.12. The van der Waals surface area contributed by atoms with Crippen molar-refractivity contribution in [2.75, 3.05) is 19.0 Å². The summed E-state index contributed by atoms with van der Waals surface area (Å²) in [4.78, 5) is 11.7. The molecule has 3 N–H and O–H groups in total. The molecule has 0 aromatic heterocycles. The fourth-order valence-corrected chi connectivity index (χ4v) is 2.03. The van der Waals surface area contributed by atoms with E-state index in [4.69, 9.17) is 21.7 Å². The lowest BCUT2D eigenvalue weighted by atomic mass is 10.3. The van der Waals surface area contributed by atoms with Crippen molar-refractivity contribution in [3.63, 3.8) is 0 Å². The molecule has 0 spiro atoms.